The van der Waals surface area contributed by atoms with Crippen molar-refractivity contribution in [3.63, 3.8) is 0 Å². The largest absolute Gasteiger partial charge is 0.399 e. The summed E-state index contributed by atoms with van der Waals surface area (Å²) in [6.07, 6.45) is 3.17. The van der Waals surface area contributed by atoms with Gasteiger partial charge in [0.1, 0.15) is 0 Å². The first-order chi connectivity index (χ1) is 9.97. The SMILES string of the molecule is Cc1ccc(N)cc1C(=O)N1CCCC(CCC(N)=O)C1. The fourth-order valence-electron chi connectivity index (χ4n) is 2.87. The fourth-order valence-corrected chi connectivity index (χ4v) is 2.87. The number of carbonyl (C=O) groups is 2. The third kappa shape index (κ3) is 3.97. The molecule has 1 atom stereocenters. The van der Waals surface area contributed by atoms with Crippen molar-refractivity contribution in [1.29, 1.82) is 0 Å². The molecule has 5 nitrogen and oxygen atoms in total. The van der Waals surface area contributed by atoms with Gasteiger partial charge in [0.15, 0.2) is 0 Å². The van der Waals surface area contributed by atoms with Crippen LogP contribution in [-0.2, 0) is 4.79 Å². The molecular formula is C16H23N3O2. The Morgan fingerprint density at radius 1 is 1.38 bits per heavy atom. The van der Waals surface area contributed by atoms with E-state index in [9.17, 15) is 9.59 Å². The fraction of sp³-hybridized carbons (Fsp3) is 0.500. The van der Waals surface area contributed by atoms with Crippen molar-refractivity contribution in [2.75, 3.05) is 18.8 Å². The van der Waals surface area contributed by atoms with Crippen LogP contribution in [0.4, 0.5) is 5.69 Å². The number of rotatable bonds is 4. The van der Waals surface area contributed by atoms with Crippen LogP contribution in [0.2, 0.25) is 0 Å². The van der Waals surface area contributed by atoms with Crippen LogP contribution >= 0.6 is 0 Å². The molecule has 1 aliphatic rings. The Bertz CT molecular complexity index is 542. The number of aryl methyl sites for hydroxylation is 1. The van der Waals surface area contributed by atoms with E-state index < -0.39 is 0 Å². The van der Waals surface area contributed by atoms with Gasteiger partial charge < -0.3 is 16.4 Å². The Kier molecular flexibility index (Phi) is 4.83. The number of amides is 2. The van der Waals surface area contributed by atoms with Crippen molar-refractivity contribution in [2.45, 2.75) is 32.6 Å². The van der Waals surface area contributed by atoms with Crippen molar-refractivity contribution >= 4 is 17.5 Å². The summed E-state index contributed by atoms with van der Waals surface area (Å²) in [4.78, 5) is 25.4. The lowest BCUT2D eigenvalue weighted by molar-refractivity contribution is -0.118. The minimum absolute atomic E-state index is 0.0311. The summed E-state index contributed by atoms with van der Waals surface area (Å²) in [5.74, 6) is 0.116. The summed E-state index contributed by atoms with van der Waals surface area (Å²) in [6.45, 7) is 3.38. The molecule has 0 radical (unpaired) electrons. The number of anilines is 1. The molecular weight excluding hydrogens is 266 g/mol. The second kappa shape index (κ2) is 6.61. The molecule has 1 aromatic rings. The smallest absolute Gasteiger partial charge is 0.254 e. The molecule has 2 amide bonds. The quantitative estimate of drug-likeness (QED) is 0.827. The van der Waals surface area contributed by atoms with Crippen molar-refractivity contribution in [2.24, 2.45) is 11.7 Å². The van der Waals surface area contributed by atoms with Crippen LogP contribution in [0.15, 0.2) is 18.2 Å². The molecule has 0 saturated carbocycles. The molecule has 114 valence electrons. The third-order valence-corrected chi connectivity index (χ3v) is 4.10. The van der Waals surface area contributed by atoms with Crippen LogP contribution in [0.25, 0.3) is 0 Å². The average Bonchev–Trinajstić information content (AvgIpc) is 2.47. The van der Waals surface area contributed by atoms with E-state index in [0.717, 1.165) is 31.4 Å². The Labute approximate surface area is 125 Å². The molecule has 0 aromatic heterocycles. The van der Waals surface area contributed by atoms with Gasteiger partial charge in [0.05, 0.1) is 0 Å². The number of likely N-dealkylation sites (tertiary alicyclic amines) is 1. The molecule has 1 saturated heterocycles. The zero-order valence-electron chi connectivity index (χ0n) is 12.5. The number of hydrogen-bond acceptors (Lipinski definition) is 3. The topological polar surface area (TPSA) is 89.4 Å². The third-order valence-electron chi connectivity index (χ3n) is 4.10. The Morgan fingerprint density at radius 3 is 2.86 bits per heavy atom. The molecule has 1 heterocycles. The summed E-state index contributed by atoms with van der Waals surface area (Å²) >= 11 is 0. The van der Waals surface area contributed by atoms with Gasteiger partial charge in [-0.25, -0.2) is 0 Å². The summed E-state index contributed by atoms with van der Waals surface area (Å²) in [6, 6.07) is 5.42. The van der Waals surface area contributed by atoms with Crippen LogP contribution in [0.3, 0.4) is 0 Å². The lowest BCUT2D eigenvalue weighted by atomic mass is 9.92. The van der Waals surface area contributed by atoms with Gasteiger partial charge in [-0.15, -0.1) is 0 Å². The Balaban J connectivity index is 2.05. The molecule has 1 aliphatic heterocycles. The van der Waals surface area contributed by atoms with E-state index in [4.69, 9.17) is 11.5 Å². The maximum atomic E-state index is 12.6. The number of piperidine rings is 1. The van der Waals surface area contributed by atoms with E-state index in [1.165, 1.54) is 0 Å². The normalized spacial score (nSPS) is 18.5. The predicted molar refractivity (Wildman–Crippen MR) is 82.6 cm³/mol. The number of nitrogens with zero attached hydrogens (tertiary/aromatic N) is 1. The Hall–Kier alpha value is -2.04. The summed E-state index contributed by atoms with van der Waals surface area (Å²) in [5, 5.41) is 0. The number of nitrogens with two attached hydrogens (primary N) is 2. The van der Waals surface area contributed by atoms with Gasteiger partial charge in [-0.2, -0.15) is 0 Å². The molecule has 0 aliphatic carbocycles. The molecule has 5 heteroatoms. The first-order valence-electron chi connectivity index (χ1n) is 7.41. The number of nitrogen functional groups attached to an aromatic ring is 1. The molecule has 0 spiro atoms. The lowest BCUT2D eigenvalue weighted by Gasteiger charge is -2.33. The zero-order chi connectivity index (χ0) is 15.4. The highest BCUT2D eigenvalue weighted by molar-refractivity contribution is 5.96. The van der Waals surface area contributed by atoms with Crippen LogP contribution in [-0.4, -0.2) is 29.8 Å². The van der Waals surface area contributed by atoms with Gasteiger partial charge in [0.2, 0.25) is 5.91 Å². The van der Waals surface area contributed by atoms with E-state index in [0.29, 0.717) is 30.1 Å². The van der Waals surface area contributed by atoms with Gasteiger partial charge in [0, 0.05) is 30.8 Å². The molecule has 1 fully saturated rings. The van der Waals surface area contributed by atoms with E-state index >= 15 is 0 Å². The second-order valence-electron chi connectivity index (χ2n) is 5.84. The Morgan fingerprint density at radius 2 is 2.14 bits per heavy atom. The molecule has 2 rings (SSSR count). The maximum absolute atomic E-state index is 12.6. The standard InChI is InChI=1S/C16H23N3O2/c1-11-4-6-13(17)9-14(11)16(21)19-8-2-3-12(10-19)5-7-15(18)20/h4,6,9,12H,2-3,5,7-8,10,17H2,1H3,(H2,18,20). The summed E-state index contributed by atoms with van der Waals surface area (Å²) < 4.78 is 0. The van der Waals surface area contributed by atoms with Crippen molar-refractivity contribution in [3.05, 3.63) is 29.3 Å². The van der Waals surface area contributed by atoms with Gasteiger partial charge in [-0.05, 0) is 49.8 Å². The number of hydrogen-bond donors (Lipinski definition) is 2. The van der Waals surface area contributed by atoms with E-state index in [1.807, 2.05) is 17.9 Å². The van der Waals surface area contributed by atoms with E-state index in [2.05, 4.69) is 0 Å². The highest BCUT2D eigenvalue weighted by Gasteiger charge is 2.25. The van der Waals surface area contributed by atoms with Crippen molar-refractivity contribution < 1.29 is 9.59 Å². The van der Waals surface area contributed by atoms with Crippen LogP contribution < -0.4 is 11.5 Å². The van der Waals surface area contributed by atoms with E-state index in [-0.39, 0.29) is 11.8 Å². The first-order valence-corrected chi connectivity index (χ1v) is 7.41. The zero-order valence-corrected chi connectivity index (χ0v) is 12.5. The number of carbonyl (C=O) groups excluding carboxylic acids is 2. The second-order valence-corrected chi connectivity index (χ2v) is 5.84. The van der Waals surface area contributed by atoms with Crippen molar-refractivity contribution in [1.82, 2.24) is 4.90 Å². The van der Waals surface area contributed by atoms with Gasteiger partial charge >= 0.3 is 0 Å². The highest BCUT2D eigenvalue weighted by Crippen LogP contribution is 2.23. The van der Waals surface area contributed by atoms with E-state index in [1.54, 1.807) is 12.1 Å². The minimum atomic E-state index is -0.273. The van der Waals surface area contributed by atoms with Crippen LogP contribution in [0.1, 0.15) is 41.6 Å². The molecule has 21 heavy (non-hydrogen) atoms. The maximum Gasteiger partial charge on any atom is 0.254 e. The van der Waals surface area contributed by atoms with Crippen LogP contribution in [0.5, 0.6) is 0 Å². The summed E-state index contributed by atoms with van der Waals surface area (Å²) in [7, 11) is 0. The minimum Gasteiger partial charge on any atom is -0.399 e. The molecule has 1 unspecified atom stereocenters. The van der Waals surface area contributed by atoms with Crippen LogP contribution in [0, 0.1) is 12.8 Å². The summed E-state index contributed by atoms with van der Waals surface area (Å²) in [5.41, 5.74) is 13.2. The van der Waals surface area contributed by atoms with Crippen molar-refractivity contribution in [3.8, 4) is 0 Å². The average molecular weight is 289 g/mol. The molecule has 4 N–H and O–H groups in total. The first kappa shape index (κ1) is 15.4. The van der Waals surface area contributed by atoms with Gasteiger partial charge in [-0.3, -0.25) is 9.59 Å². The predicted octanol–water partition coefficient (Wildman–Crippen LogP) is 1.69. The monoisotopic (exact) mass is 289 g/mol. The van der Waals surface area contributed by atoms with Gasteiger partial charge in [-0.1, -0.05) is 6.07 Å². The van der Waals surface area contributed by atoms with Gasteiger partial charge in [0.25, 0.3) is 5.91 Å². The molecule has 1 aromatic carbocycles. The highest BCUT2D eigenvalue weighted by atomic mass is 16.2. The molecule has 0 bridgehead atoms. The number of benzene rings is 1. The lowest BCUT2D eigenvalue weighted by Crippen LogP contribution is -2.40. The number of primary amides is 1.